The zero-order valence-corrected chi connectivity index (χ0v) is 12.8. The summed E-state index contributed by atoms with van der Waals surface area (Å²) in [5, 5.41) is 0.921. The first-order valence-corrected chi connectivity index (χ1v) is 8.36. The Morgan fingerprint density at radius 2 is 1.60 bits per heavy atom. The minimum atomic E-state index is 0.220. The molecular weight excluding hydrogens is 312 g/mol. The molecule has 102 valence electrons. The van der Waals surface area contributed by atoms with Crippen molar-refractivity contribution >= 4 is 15.9 Å². The first-order chi connectivity index (χ1) is 9.86. The molecule has 3 unspecified atom stereocenters. The van der Waals surface area contributed by atoms with Crippen molar-refractivity contribution < 1.29 is 4.74 Å². The zero-order valence-electron chi connectivity index (χ0n) is 11.3. The molecular formula is C18H17BrO. The lowest BCUT2D eigenvalue weighted by molar-refractivity contribution is 0.0541. The van der Waals surface area contributed by atoms with E-state index in [-0.39, 0.29) is 6.10 Å². The molecule has 2 aromatic rings. The van der Waals surface area contributed by atoms with Crippen LogP contribution in [0.25, 0.3) is 0 Å². The van der Waals surface area contributed by atoms with Crippen LogP contribution in [-0.2, 0) is 11.2 Å². The Labute approximate surface area is 128 Å². The van der Waals surface area contributed by atoms with Gasteiger partial charge in [-0.1, -0.05) is 64.5 Å². The number of benzene rings is 2. The number of halogens is 1. The van der Waals surface area contributed by atoms with Crippen LogP contribution < -0.4 is 0 Å². The highest BCUT2D eigenvalue weighted by molar-refractivity contribution is 9.09. The Kier molecular flexibility index (Phi) is 3.16. The van der Waals surface area contributed by atoms with Crippen molar-refractivity contribution in [2.24, 2.45) is 0 Å². The molecule has 0 spiro atoms. The second-order valence-corrected chi connectivity index (χ2v) is 6.40. The predicted molar refractivity (Wildman–Crippen MR) is 84.5 cm³/mol. The molecule has 2 aliphatic rings. The SMILES string of the molecule is BrCC1CC2c3ccccc3Cc3ccccc3C2O1. The number of hydrogen-bond donors (Lipinski definition) is 0. The van der Waals surface area contributed by atoms with E-state index in [2.05, 4.69) is 64.5 Å². The normalized spacial score (nSPS) is 27.4. The van der Waals surface area contributed by atoms with Crippen molar-refractivity contribution in [1.82, 2.24) is 0 Å². The molecule has 0 bridgehead atoms. The number of fused-ring (bicyclic) bond motifs is 5. The Hall–Kier alpha value is -1.12. The first-order valence-electron chi connectivity index (χ1n) is 7.24. The molecule has 0 amide bonds. The topological polar surface area (TPSA) is 9.23 Å². The molecule has 2 aromatic carbocycles. The van der Waals surface area contributed by atoms with Gasteiger partial charge in [0, 0.05) is 11.2 Å². The van der Waals surface area contributed by atoms with E-state index >= 15 is 0 Å². The Bertz CT molecular complexity index is 583. The molecule has 4 rings (SSSR count). The zero-order chi connectivity index (χ0) is 13.5. The van der Waals surface area contributed by atoms with Crippen molar-refractivity contribution in [2.45, 2.75) is 31.0 Å². The minimum Gasteiger partial charge on any atom is -0.369 e. The molecule has 2 heteroatoms. The van der Waals surface area contributed by atoms with Crippen molar-refractivity contribution in [2.75, 3.05) is 5.33 Å². The lowest BCUT2D eigenvalue weighted by atomic mass is 9.87. The van der Waals surface area contributed by atoms with Crippen LogP contribution in [0, 0.1) is 0 Å². The van der Waals surface area contributed by atoms with E-state index in [1.54, 1.807) is 0 Å². The smallest absolute Gasteiger partial charge is 0.0901 e. The third-order valence-electron chi connectivity index (χ3n) is 4.59. The largest absolute Gasteiger partial charge is 0.369 e. The van der Waals surface area contributed by atoms with Gasteiger partial charge < -0.3 is 4.74 Å². The summed E-state index contributed by atoms with van der Waals surface area (Å²) in [6.45, 7) is 0. The molecule has 1 aliphatic carbocycles. The van der Waals surface area contributed by atoms with E-state index in [9.17, 15) is 0 Å². The predicted octanol–water partition coefficient (Wildman–Crippen LogP) is 4.60. The van der Waals surface area contributed by atoms with Crippen LogP contribution in [0.15, 0.2) is 48.5 Å². The molecule has 1 aliphatic heterocycles. The number of rotatable bonds is 1. The van der Waals surface area contributed by atoms with Gasteiger partial charge in [0.15, 0.2) is 0 Å². The Morgan fingerprint density at radius 1 is 0.950 bits per heavy atom. The van der Waals surface area contributed by atoms with Crippen LogP contribution in [0.3, 0.4) is 0 Å². The second-order valence-electron chi connectivity index (χ2n) is 5.75. The average Bonchev–Trinajstić information content (AvgIpc) is 2.87. The molecule has 3 atom stereocenters. The maximum Gasteiger partial charge on any atom is 0.0901 e. The van der Waals surface area contributed by atoms with Crippen LogP contribution in [0.1, 0.15) is 40.7 Å². The highest BCUT2D eigenvalue weighted by atomic mass is 79.9. The van der Waals surface area contributed by atoms with E-state index in [1.807, 2.05) is 0 Å². The van der Waals surface area contributed by atoms with E-state index in [0.29, 0.717) is 12.0 Å². The van der Waals surface area contributed by atoms with E-state index in [4.69, 9.17) is 4.74 Å². The monoisotopic (exact) mass is 328 g/mol. The molecule has 20 heavy (non-hydrogen) atoms. The third-order valence-corrected chi connectivity index (χ3v) is 5.31. The maximum absolute atomic E-state index is 6.33. The van der Waals surface area contributed by atoms with Crippen LogP contribution in [0.2, 0.25) is 0 Å². The quantitative estimate of drug-likeness (QED) is 0.695. The fourth-order valence-electron chi connectivity index (χ4n) is 3.68. The molecule has 0 saturated carbocycles. The summed E-state index contributed by atoms with van der Waals surface area (Å²) in [6.07, 6.45) is 2.68. The minimum absolute atomic E-state index is 0.220. The molecule has 0 aromatic heterocycles. The van der Waals surface area contributed by atoms with Gasteiger partial charge in [-0.05, 0) is 35.1 Å². The molecule has 1 nitrogen and oxygen atoms in total. The van der Waals surface area contributed by atoms with Crippen LogP contribution >= 0.6 is 15.9 Å². The number of ether oxygens (including phenoxy) is 1. The fraction of sp³-hybridized carbons (Fsp3) is 0.333. The molecule has 0 radical (unpaired) electrons. The number of alkyl halides is 1. The van der Waals surface area contributed by atoms with Crippen LogP contribution in [-0.4, -0.2) is 11.4 Å². The van der Waals surface area contributed by atoms with Crippen molar-refractivity contribution in [1.29, 1.82) is 0 Å². The van der Waals surface area contributed by atoms with Gasteiger partial charge in [0.1, 0.15) is 0 Å². The van der Waals surface area contributed by atoms with Gasteiger partial charge in [-0.3, -0.25) is 0 Å². The van der Waals surface area contributed by atoms with Crippen LogP contribution in [0.5, 0.6) is 0 Å². The van der Waals surface area contributed by atoms with E-state index in [0.717, 1.165) is 18.2 Å². The van der Waals surface area contributed by atoms with Gasteiger partial charge in [-0.25, -0.2) is 0 Å². The van der Waals surface area contributed by atoms with Gasteiger partial charge in [-0.15, -0.1) is 0 Å². The van der Waals surface area contributed by atoms with Gasteiger partial charge in [0.05, 0.1) is 12.2 Å². The van der Waals surface area contributed by atoms with E-state index < -0.39 is 0 Å². The lowest BCUT2D eigenvalue weighted by Gasteiger charge is -2.19. The van der Waals surface area contributed by atoms with E-state index in [1.165, 1.54) is 22.3 Å². The van der Waals surface area contributed by atoms with Gasteiger partial charge in [0.25, 0.3) is 0 Å². The first kappa shape index (κ1) is 12.6. The van der Waals surface area contributed by atoms with Gasteiger partial charge >= 0.3 is 0 Å². The van der Waals surface area contributed by atoms with Crippen LogP contribution in [0.4, 0.5) is 0 Å². The summed E-state index contributed by atoms with van der Waals surface area (Å²) < 4.78 is 6.33. The van der Waals surface area contributed by atoms with Gasteiger partial charge in [0.2, 0.25) is 0 Å². The second kappa shape index (κ2) is 5.01. The summed E-state index contributed by atoms with van der Waals surface area (Å²) >= 11 is 3.58. The summed E-state index contributed by atoms with van der Waals surface area (Å²) in [7, 11) is 0. The Morgan fingerprint density at radius 3 is 2.35 bits per heavy atom. The third kappa shape index (κ3) is 1.94. The Balaban J connectivity index is 1.89. The molecule has 1 fully saturated rings. The van der Waals surface area contributed by atoms with Crippen molar-refractivity contribution in [3.05, 3.63) is 70.8 Å². The average molecular weight is 329 g/mol. The molecule has 1 saturated heterocycles. The fourth-order valence-corrected chi connectivity index (χ4v) is 4.10. The highest BCUT2D eigenvalue weighted by Gasteiger charge is 2.39. The lowest BCUT2D eigenvalue weighted by Crippen LogP contribution is -2.08. The standard InChI is InChI=1S/C18H17BrO/c19-11-14-10-17-15-7-3-1-5-12(15)9-13-6-2-4-8-16(13)18(17)20-14/h1-8,14,17-18H,9-11H2. The van der Waals surface area contributed by atoms with Crippen molar-refractivity contribution in [3.63, 3.8) is 0 Å². The number of hydrogen-bond acceptors (Lipinski definition) is 1. The van der Waals surface area contributed by atoms with Crippen molar-refractivity contribution in [3.8, 4) is 0 Å². The molecule has 0 N–H and O–H groups in total. The molecule has 1 heterocycles. The maximum atomic E-state index is 6.33. The summed E-state index contributed by atoms with van der Waals surface area (Å²) in [6, 6.07) is 17.6. The van der Waals surface area contributed by atoms with Gasteiger partial charge in [-0.2, -0.15) is 0 Å². The highest BCUT2D eigenvalue weighted by Crippen LogP contribution is 2.49. The summed E-state index contributed by atoms with van der Waals surface area (Å²) in [4.78, 5) is 0. The summed E-state index contributed by atoms with van der Waals surface area (Å²) in [5.74, 6) is 0.498. The summed E-state index contributed by atoms with van der Waals surface area (Å²) in [5.41, 5.74) is 5.75.